The predicted octanol–water partition coefficient (Wildman–Crippen LogP) is 6.77. The molecule has 1 saturated heterocycles. The highest BCUT2D eigenvalue weighted by Crippen LogP contribution is 2.45. The quantitative estimate of drug-likeness (QED) is 0.221. The van der Waals surface area contributed by atoms with Gasteiger partial charge in [-0.25, -0.2) is 9.78 Å². The van der Waals surface area contributed by atoms with Gasteiger partial charge in [-0.2, -0.15) is 5.10 Å². The number of thiazole rings is 1. The van der Waals surface area contributed by atoms with E-state index in [1.807, 2.05) is 89.1 Å². The third-order valence-corrected chi connectivity index (χ3v) is 9.30. The van der Waals surface area contributed by atoms with Gasteiger partial charge in [0.25, 0.3) is 5.91 Å². The standard InChI is InChI=1S/C33H34ClN5O4S/c1-18-15-23-29(26(19-7-10-22(34)11-8-19)25(18)28(31(41)42)43-33(2,3)4)44-32(36-23)39-14-13-37(5)27(30(39)40)20-9-12-24-21(16-20)17-35-38(24)6/h7-12,15-17,27-28H,13-14H2,1-6H3,(H,41,42). The molecule has 9 nitrogen and oxygen atoms in total. The molecular weight excluding hydrogens is 598 g/mol. The fourth-order valence-corrected chi connectivity index (χ4v) is 7.20. The minimum Gasteiger partial charge on any atom is -0.479 e. The Morgan fingerprint density at radius 1 is 1.11 bits per heavy atom. The van der Waals surface area contributed by atoms with Crippen LogP contribution in [0.25, 0.3) is 32.2 Å². The number of likely N-dealkylation sites (N-methyl/N-ethyl adjacent to an activating group) is 1. The summed E-state index contributed by atoms with van der Waals surface area (Å²) in [5.41, 5.74) is 4.69. The third kappa shape index (κ3) is 5.47. The highest BCUT2D eigenvalue weighted by atomic mass is 35.5. The van der Waals surface area contributed by atoms with Gasteiger partial charge in [0, 0.05) is 41.7 Å². The predicted molar refractivity (Wildman–Crippen MR) is 174 cm³/mol. The Morgan fingerprint density at radius 3 is 2.52 bits per heavy atom. The van der Waals surface area contributed by atoms with Crippen molar-refractivity contribution < 1.29 is 19.4 Å². The normalized spacial score (nSPS) is 17.1. The summed E-state index contributed by atoms with van der Waals surface area (Å²) in [7, 11) is 3.86. The molecule has 1 aliphatic rings. The van der Waals surface area contributed by atoms with Crippen LogP contribution in [0, 0.1) is 6.92 Å². The van der Waals surface area contributed by atoms with E-state index in [4.69, 9.17) is 21.3 Å². The highest BCUT2D eigenvalue weighted by Gasteiger charge is 2.37. The number of hydrogen-bond donors (Lipinski definition) is 1. The Bertz CT molecular complexity index is 1910. The van der Waals surface area contributed by atoms with Crippen LogP contribution in [0.1, 0.15) is 49.6 Å². The summed E-state index contributed by atoms with van der Waals surface area (Å²) in [6.07, 6.45) is 0.594. The molecular formula is C33H34ClN5O4S. The van der Waals surface area contributed by atoms with Crippen molar-refractivity contribution in [2.75, 3.05) is 25.0 Å². The molecule has 44 heavy (non-hydrogen) atoms. The molecule has 5 aromatic rings. The number of benzene rings is 3. The van der Waals surface area contributed by atoms with Crippen molar-refractivity contribution in [2.45, 2.75) is 45.4 Å². The monoisotopic (exact) mass is 631 g/mol. The second-order valence-corrected chi connectivity index (χ2v) is 13.7. The van der Waals surface area contributed by atoms with Crippen molar-refractivity contribution in [3.8, 4) is 11.1 Å². The number of fused-ring (bicyclic) bond motifs is 2. The lowest BCUT2D eigenvalue weighted by atomic mass is 9.91. The van der Waals surface area contributed by atoms with Gasteiger partial charge >= 0.3 is 5.97 Å². The summed E-state index contributed by atoms with van der Waals surface area (Å²) in [6.45, 7) is 8.53. The number of halogens is 1. The van der Waals surface area contributed by atoms with Gasteiger partial charge in [0.1, 0.15) is 6.04 Å². The highest BCUT2D eigenvalue weighted by molar-refractivity contribution is 7.23. The zero-order valence-electron chi connectivity index (χ0n) is 25.5. The minimum atomic E-state index is -1.22. The molecule has 228 valence electrons. The van der Waals surface area contributed by atoms with E-state index in [-0.39, 0.29) is 5.91 Å². The summed E-state index contributed by atoms with van der Waals surface area (Å²) >= 11 is 7.63. The summed E-state index contributed by atoms with van der Waals surface area (Å²) in [5, 5.41) is 16.8. The second-order valence-electron chi connectivity index (χ2n) is 12.2. The SMILES string of the molecule is Cc1cc2nc(N3CCN(C)C(c4ccc5c(cnn5C)c4)C3=O)sc2c(-c2ccc(Cl)cc2)c1C(OC(C)(C)C)C(=O)O. The Hall–Kier alpha value is -3.83. The van der Waals surface area contributed by atoms with Crippen LogP contribution in [0.2, 0.25) is 5.02 Å². The number of carbonyl (C=O) groups is 2. The van der Waals surface area contributed by atoms with Crippen LogP contribution in [0.3, 0.4) is 0 Å². The lowest BCUT2D eigenvalue weighted by Gasteiger charge is -2.37. The van der Waals surface area contributed by atoms with Gasteiger partial charge in [-0.3, -0.25) is 19.3 Å². The van der Waals surface area contributed by atoms with E-state index in [9.17, 15) is 14.7 Å². The van der Waals surface area contributed by atoms with Crippen molar-refractivity contribution >= 4 is 61.1 Å². The van der Waals surface area contributed by atoms with Crippen molar-refractivity contribution in [1.29, 1.82) is 0 Å². The lowest BCUT2D eigenvalue weighted by Crippen LogP contribution is -2.51. The molecule has 1 amide bonds. The van der Waals surface area contributed by atoms with Crippen molar-refractivity contribution in [3.05, 3.63) is 76.4 Å². The molecule has 1 N–H and O–H groups in total. The van der Waals surface area contributed by atoms with Crippen LogP contribution in [0.5, 0.6) is 0 Å². The van der Waals surface area contributed by atoms with Gasteiger partial charge < -0.3 is 9.84 Å². The molecule has 0 spiro atoms. The first kappa shape index (κ1) is 30.2. The van der Waals surface area contributed by atoms with E-state index in [0.717, 1.165) is 37.9 Å². The van der Waals surface area contributed by atoms with Gasteiger partial charge in [-0.05, 0) is 81.8 Å². The number of aromatic nitrogens is 3. The molecule has 0 radical (unpaired) electrons. The maximum Gasteiger partial charge on any atom is 0.337 e. The number of carbonyl (C=O) groups excluding carboxylic acids is 1. The third-order valence-electron chi connectivity index (χ3n) is 7.94. The van der Waals surface area contributed by atoms with Gasteiger partial charge in [-0.15, -0.1) is 0 Å². The largest absolute Gasteiger partial charge is 0.479 e. The molecule has 11 heteroatoms. The Labute approximate surface area is 264 Å². The number of rotatable bonds is 6. The zero-order chi connectivity index (χ0) is 31.5. The summed E-state index contributed by atoms with van der Waals surface area (Å²) < 4.78 is 8.73. The van der Waals surface area contributed by atoms with Crippen LogP contribution in [-0.4, -0.2) is 62.4 Å². The number of nitrogens with zero attached hydrogens (tertiary/aromatic N) is 5. The number of ether oxygens (including phenoxy) is 1. The maximum absolute atomic E-state index is 14.2. The van der Waals surface area contributed by atoms with Gasteiger partial charge in [0.05, 0.1) is 27.5 Å². The smallest absolute Gasteiger partial charge is 0.337 e. The molecule has 3 heterocycles. The zero-order valence-corrected chi connectivity index (χ0v) is 27.0. The maximum atomic E-state index is 14.2. The average molecular weight is 632 g/mol. The van der Waals surface area contributed by atoms with Gasteiger partial charge in [0.2, 0.25) is 0 Å². The van der Waals surface area contributed by atoms with Crippen LogP contribution in [0.4, 0.5) is 5.13 Å². The van der Waals surface area contributed by atoms with Crippen LogP contribution in [-0.2, 0) is 21.4 Å². The van der Waals surface area contributed by atoms with Crippen LogP contribution >= 0.6 is 22.9 Å². The number of aryl methyl sites for hydroxylation is 2. The molecule has 0 aliphatic carbocycles. The van der Waals surface area contributed by atoms with Crippen LogP contribution < -0.4 is 4.90 Å². The molecule has 2 unspecified atom stereocenters. The molecule has 2 atom stereocenters. The number of piperazine rings is 1. The van der Waals surface area contributed by atoms with Gasteiger partial charge in [-0.1, -0.05) is 41.1 Å². The Morgan fingerprint density at radius 2 is 1.84 bits per heavy atom. The molecule has 0 bridgehead atoms. The molecule has 6 rings (SSSR count). The Balaban J connectivity index is 1.48. The van der Waals surface area contributed by atoms with Gasteiger partial charge in [0.15, 0.2) is 11.2 Å². The van der Waals surface area contributed by atoms with Crippen molar-refractivity contribution in [1.82, 2.24) is 19.7 Å². The van der Waals surface area contributed by atoms with E-state index < -0.39 is 23.7 Å². The number of hydrogen-bond acceptors (Lipinski definition) is 7. The Kier molecular flexibility index (Phi) is 7.73. The number of anilines is 1. The topological polar surface area (TPSA) is 101 Å². The first-order valence-corrected chi connectivity index (χ1v) is 15.6. The molecule has 3 aromatic carbocycles. The first-order valence-electron chi connectivity index (χ1n) is 14.4. The lowest BCUT2D eigenvalue weighted by molar-refractivity contribution is -0.160. The van der Waals surface area contributed by atoms with E-state index >= 15 is 0 Å². The molecule has 1 aliphatic heterocycles. The average Bonchev–Trinajstić information content (AvgIpc) is 3.54. The second kappa shape index (κ2) is 11.3. The van der Waals surface area contributed by atoms with E-state index in [1.165, 1.54) is 11.3 Å². The summed E-state index contributed by atoms with van der Waals surface area (Å²) in [5.74, 6) is -1.14. The molecule has 1 fully saturated rings. The fourth-order valence-electron chi connectivity index (χ4n) is 5.91. The number of aliphatic carboxylic acids is 1. The minimum absolute atomic E-state index is 0.0643. The summed E-state index contributed by atoms with van der Waals surface area (Å²) in [6, 6.07) is 14.7. The van der Waals surface area contributed by atoms with E-state index in [1.54, 1.807) is 17.0 Å². The van der Waals surface area contributed by atoms with Crippen molar-refractivity contribution in [3.63, 3.8) is 0 Å². The molecule has 0 saturated carbocycles. The first-order chi connectivity index (χ1) is 20.8. The summed E-state index contributed by atoms with van der Waals surface area (Å²) in [4.78, 5) is 35.6. The van der Waals surface area contributed by atoms with Crippen LogP contribution in [0.15, 0.2) is 54.7 Å². The van der Waals surface area contributed by atoms with E-state index in [0.29, 0.717) is 34.3 Å². The van der Waals surface area contributed by atoms with E-state index in [2.05, 4.69) is 10.00 Å². The number of amides is 1. The fraction of sp³-hybridized carbons (Fsp3) is 0.333. The number of carboxylic acid groups (broad SMARTS) is 1. The van der Waals surface area contributed by atoms with Crippen molar-refractivity contribution in [2.24, 2.45) is 7.05 Å². The molecule has 2 aromatic heterocycles. The number of carboxylic acids is 1.